The van der Waals surface area contributed by atoms with Crippen molar-refractivity contribution in [1.82, 2.24) is 9.80 Å². The minimum atomic E-state index is -0.762. The fourth-order valence-electron chi connectivity index (χ4n) is 4.04. The lowest BCUT2D eigenvalue weighted by Gasteiger charge is -2.24. The molecule has 1 fully saturated rings. The summed E-state index contributed by atoms with van der Waals surface area (Å²) in [5.74, 6) is 0.397. The standard InChI is InChI=1S/C23H26N2O5/c1-13-5-7-18(29-13)20-19(22(27)23(28)25(20)10-9-24(3)4)21(26)15-6-8-17-16(12-15)11-14(2)30-17/h5-8,12,14,20,26H,9-11H2,1-4H3/b21-19+/t14-,20+/m1/s1. The van der Waals surface area contributed by atoms with Crippen LogP contribution in [0.15, 0.2) is 40.3 Å². The molecule has 7 nitrogen and oxygen atoms in total. The van der Waals surface area contributed by atoms with Gasteiger partial charge in [0.2, 0.25) is 0 Å². The van der Waals surface area contributed by atoms with E-state index in [0.29, 0.717) is 30.2 Å². The van der Waals surface area contributed by atoms with Gasteiger partial charge in [-0.05, 0) is 63.8 Å². The van der Waals surface area contributed by atoms with Gasteiger partial charge in [0.15, 0.2) is 0 Å². The summed E-state index contributed by atoms with van der Waals surface area (Å²) in [6.45, 7) is 4.71. The van der Waals surface area contributed by atoms with Crippen molar-refractivity contribution in [2.45, 2.75) is 32.4 Å². The second kappa shape index (κ2) is 7.65. The number of aliphatic hydroxyl groups is 1. The summed E-state index contributed by atoms with van der Waals surface area (Å²) in [5, 5.41) is 11.1. The Morgan fingerprint density at radius 1 is 1.23 bits per heavy atom. The molecule has 1 saturated heterocycles. The zero-order chi connectivity index (χ0) is 21.6. The Hall–Kier alpha value is -3.06. The fourth-order valence-corrected chi connectivity index (χ4v) is 4.04. The summed E-state index contributed by atoms with van der Waals surface area (Å²) >= 11 is 0. The molecule has 0 spiro atoms. The fraction of sp³-hybridized carbons (Fsp3) is 0.391. The van der Waals surface area contributed by atoms with E-state index in [1.807, 2.05) is 32.0 Å². The number of likely N-dealkylation sites (tertiary alicyclic amines) is 1. The Bertz CT molecular complexity index is 1040. The molecule has 1 N–H and O–H groups in total. The molecule has 0 unspecified atom stereocenters. The van der Waals surface area contributed by atoms with Crippen molar-refractivity contribution in [3.05, 3.63) is 58.6 Å². The summed E-state index contributed by atoms with van der Waals surface area (Å²) in [4.78, 5) is 29.2. The smallest absolute Gasteiger partial charge is 0.295 e. The van der Waals surface area contributed by atoms with Crippen molar-refractivity contribution in [3.8, 4) is 5.75 Å². The van der Waals surface area contributed by atoms with E-state index < -0.39 is 17.7 Å². The van der Waals surface area contributed by atoms with Crippen molar-refractivity contribution in [3.63, 3.8) is 0 Å². The zero-order valence-corrected chi connectivity index (χ0v) is 17.6. The minimum absolute atomic E-state index is 0.0556. The number of likely N-dealkylation sites (N-methyl/N-ethyl adjacent to an activating group) is 1. The molecule has 2 aliphatic heterocycles. The highest BCUT2D eigenvalue weighted by Gasteiger charge is 2.47. The molecule has 1 aromatic heterocycles. The molecule has 2 aromatic rings. The van der Waals surface area contributed by atoms with E-state index in [2.05, 4.69) is 0 Å². The number of amides is 1. The first-order chi connectivity index (χ1) is 14.3. The predicted molar refractivity (Wildman–Crippen MR) is 111 cm³/mol. The predicted octanol–water partition coefficient (Wildman–Crippen LogP) is 2.89. The molecule has 3 heterocycles. The molecule has 2 aliphatic rings. The van der Waals surface area contributed by atoms with Crippen molar-refractivity contribution in [1.29, 1.82) is 0 Å². The maximum absolute atomic E-state index is 13.0. The van der Waals surface area contributed by atoms with Crippen molar-refractivity contribution in [2.75, 3.05) is 27.2 Å². The molecular weight excluding hydrogens is 384 g/mol. The van der Waals surface area contributed by atoms with Crippen LogP contribution in [0.5, 0.6) is 5.75 Å². The zero-order valence-electron chi connectivity index (χ0n) is 17.6. The number of furan rings is 1. The average molecular weight is 410 g/mol. The molecule has 0 radical (unpaired) electrons. The van der Waals surface area contributed by atoms with E-state index in [9.17, 15) is 14.7 Å². The minimum Gasteiger partial charge on any atom is -0.507 e. The largest absolute Gasteiger partial charge is 0.507 e. The number of aryl methyl sites for hydroxylation is 1. The highest BCUT2D eigenvalue weighted by Crippen LogP contribution is 2.40. The number of benzene rings is 1. The number of ketones is 1. The number of hydrogen-bond donors (Lipinski definition) is 1. The summed E-state index contributed by atoms with van der Waals surface area (Å²) < 4.78 is 11.5. The third-order valence-corrected chi connectivity index (χ3v) is 5.53. The van der Waals surface area contributed by atoms with Gasteiger partial charge in [-0.25, -0.2) is 0 Å². The van der Waals surface area contributed by atoms with Crippen molar-refractivity contribution in [2.24, 2.45) is 0 Å². The Labute approximate surface area is 175 Å². The lowest BCUT2D eigenvalue weighted by Crippen LogP contribution is -2.35. The van der Waals surface area contributed by atoms with E-state index in [0.717, 1.165) is 17.7 Å². The second-order valence-corrected chi connectivity index (χ2v) is 8.20. The van der Waals surface area contributed by atoms with Gasteiger partial charge < -0.3 is 24.1 Å². The first-order valence-electron chi connectivity index (χ1n) is 10.1. The molecule has 7 heteroatoms. The molecule has 1 amide bonds. The van der Waals surface area contributed by atoms with Gasteiger partial charge in [-0.15, -0.1) is 0 Å². The maximum atomic E-state index is 13.0. The number of rotatable bonds is 5. The molecule has 30 heavy (non-hydrogen) atoms. The van der Waals surface area contributed by atoms with Crippen LogP contribution in [0.4, 0.5) is 0 Å². The first-order valence-corrected chi connectivity index (χ1v) is 10.1. The number of Topliss-reactive ketones (excluding diaryl/α,β-unsaturated/α-hetero) is 1. The third kappa shape index (κ3) is 3.50. The van der Waals surface area contributed by atoms with Gasteiger partial charge in [-0.2, -0.15) is 0 Å². The summed E-state index contributed by atoms with van der Waals surface area (Å²) in [6, 6.07) is 8.11. The normalized spacial score (nSPS) is 22.6. The van der Waals surface area contributed by atoms with E-state index in [-0.39, 0.29) is 17.4 Å². The van der Waals surface area contributed by atoms with Gasteiger partial charge in [0.1, 0.15) is 35.2 Å². The van der Waals surface area contributed by atoms with Gasteiger partial charge in [-0.3, -0.25) is 9.59 Å². The average Bonchev–Trinajstić information content (AvgIpc) is 3.35. The topological polar surface area (TPSA) is 83.2 Å². The van der Waals surface area contributed by atoms with Crippen LogP contribution in [-0.2, 0) is 16.0 Å². The summed E-state index contributed by atoms with van der Waals surface area (Å²) in [5.41, 5.74) is 1.52. The van der Waals surface area contributed by atoms with Crippen LogP contribution in [0.25, 0.3) is 5.76 Å². The Balaban J connectivity index is 1.80. The van der Waals surface area contributed by atoms with Crippen LogP contribution >= 0.6 is 0 Å². The van der Waals surface area contributed by atoms with Crippen molar-refractivity contribution < 1.29 is 23.8 Å². The number of nitrogens with zero attached hydrogens (tertiary/aromatic N) is 2. The highest BCUT2D eigenvalue weighted by atomic mass is 16.5. The number of ether oxygens (including phenoxy) is 1. The number of carbonyl (C=O) groups excluding carboxylic acids is 2. The third-order valence-electron chi connectivity index (χ3n) is 5.53. The number of aliphatic hydroxyl groups excluding tert-OH is 1. The van der Waals surface area contributed by atoms with Crippen LogP contribution in [0, 0.1) is 6.92 Å². The van der Waals surface area contributed by atoms with Gasteiger partial charge in [0.25, 0.3) is 11.7 Å². The van der Waals surface area contributed by atoms with Gasteiger partial charge in [0.05, 0.1) is 5.57 Å². The molecular formula is C23H26N2O5. The Morgan fingerprint density at radius 2 is 2.00 bits per heavy atom. The first kappa shape index (κ1) is 20.2. The number of carbonyl (C=O) groups is 2. The van der Waals surface area contributed by atoms with Crippen molar-refractivity contribution >= 4 is 17.4 Å². The summed E-state index contributed by atoms with van der Waals surface area (Å²) in [7, 11) is 3.80. The molecule has 0 saturated carbocycles. The molecule has 0 aliphatic carbocycles. The van der Waals surface area contributed by atoms with Crippen LogP contribution < -0.4 is 4.74 Å². The van der Waals surface area contributed by atoms with Gasteiger partial charge >= 0.3 is 0 Å². The monoisotopic (exact) mass is 410 g/mol. The second-order valence-electron chi connectivity index (χ2n) is 8.20. The Morgan fingerprint density at radius 3 is 2.67 bits per heavy atom. The van der Waals surface area contributed by atoms with E-state index in [1.54, 1.807) is 31.2 Å². The molecule has 158 valence electrons. The summed E-state index contributed by atoms with van der Waals surface area (Å²) in [6.07, 6.45) is 0.800. The quantitative estimate of drug-likeness (QED) is 0.464. The van der Waals surface area contributed by atoms with E-state index in [1.165, 1.54) is 4.90 Å². The number of fused-ring (bicyclic) bond motifs is 1. The Kier molecular flexibility index (Phi) is 5.15. The lowest BCUT2D eigenvalue weighted by molar-refractivity contribution is -0.140. The van der Waals surface area contributed by atoms with E-state index in [4.69, 9.17) is 9.15 Å². The van der Waals surface area contributed by atoms with Gasteiger partial charge in [0, 0.05) is 25.1 Å². The van der Waals surface area contributed by atoms with Gasteiger partial charge in [-0.1, -0.05) is 0 Å². The highest BCUT2D eigenvalue weighted by molar-refractivity contribution is 6.46. The van der Waals surface area contributed by atoms with Crippen LogP contribution in [0.3, 0.4) is 0 Å². The van der Waals surface area contributed by atoms with Crippen LogP contribution in [0.2, 0.25) is 0 Å². The molecule has 1 aromatic carbocycles. The molecule has 0 bridgehead atoms. The lowest BCUT2D eigenvalue weighted by atomic mass is 9.97. The maximum Gasteiger partial charge on any atom is 0.295 e. The molecule has 2 atom stereocenters. The molecule has 4 rings (SSSR count). The number of hydrogen-bond acceptors (Lipinski definition) is 6. The van der Waals surface area contributed by atoms with Crippen LogP contribution in [0.1, 0.15) is 35.6 Å². The van der Waals surface area contributed by atoms with E-state index >= 15 is 0 Å². The van der Waals surface area contributed by atoms with Crippen LogP contribution in [-0.4, -0.2) is 59.9 Å². The SMILES string of the molecule is Cc1ccc([C@H]2/C(=C(\O)c3ccc4c(c3)C[C@@H](C)O4)C(=O)C(=O)N2CCN(C)C)o1.